The highest BCUT2D eigenvalue weighted by Crippen LogP contribution is 2.31. The van der Waals surface area contributed by atoms with Gasteiger partial charge in [0.1, 0.15) is 0 Å². The summed E-state index contributed by atoms with van der Waals surface area (Å²) in [7, 11) is 0. The summed E-state index contributed by atoms with van der Waals surface area (Å²) in [6, 6.07) is 8.86. The van der Waals surface area contributed by atoms with Crippen molar-refractivity contribution in [2.75, 3.05) is 13.2 Å². The van der Waals surface area contributed by atoms with Crippen LogP contribution in [0.4, 0.5) is 0 Å². The van der Waals surface area contributed by atoms with Crippen LogP contribution in [0.3, 0.4) is 0 Å². The number of ether oxygens (including phenoxy) is 1. The van der Waals surface area contributed by atoms with E-state index in [4.69, 9.17) is 4.74 Å². The Balaban J connectivity index is 2.29. The third-order valence-corrected chi connectivity index (χ3v) is 2.87. The summed E-state index contributed by atoms with van der Waals surface area (Å²) in [5, 5.41) is 0. The molecular weight excluding hydrogens is 160 g/mol. The third kappa shape index (κ3) is 1.49. The van der Waals surface area contributed by atoms with Gasteiger partial charge in [0.25, 0.3) is 0 Å². The molecule has 1 nitrogen and oxygen atoms in total. The molecule has 0 N–H and O–H groups in total. The van der Waals surface area contributed by atoms with Gasteiger partial charge in [0.05, 0.1) is 13.2 Å². The molecule has 1 fully saturated rings. The molecule has 0 unspecified atom stereocenters. The number of rotatable bonds is 2. The van der Waals surface area contributed by atoms with E-state index in [1.165, 1.54) is 11.1 Å². The molecule has 13 heavy (non-hydrogen) atoms. The zero-order valence-corrected chi connectivity index (χ0v) is 8.34. The molecule has 1 heterocycles. The first-order valence-corrected chi connectivity index (χ1v) is 4.92. The first-order valence-electron chi connectivity index (χ1n) is 4.92. The quantitative estimate of drug-likeness (QED) is 0.673. The van der Waals surface area contributed by atoms with Gasteiger partial charge < -0.3 is 4.74 Å². The van der Waals surface area contributed by atoms with E-state index < -0.39 is 0 Å². The van der Waals surface area contributed by atoms with Gasteiger partial charge in [-0.05, 0) is 17.5 Å². The maximum Gasteiger partial charge on any atom is 0.0582 e. The van der Waals surface area contributed by atoms with Crippen LogP contribution < -0.4 is 0 Å². The predicted octanol–water partition coefficient (Wildman–Crippen LogP) is 2.54. The molecule has 0 bridgehead atoms. The molecule has 0 aromatic heterocycles. The Bertz CT molecular complexity index is 300. The number of hydrogen-bond donors (Lipinski definition) is 0. The van der Waals surface area contributed by atoms with Crippen LogP contribution in [0.2, 0.25) is 0 Å². The van der Waals surface area contributed by atoms with E-state index in [9.17, 15) is 0 Å². The smallest absolute Gasteiger partial charge is 0.0582 e. The highest BCUT2D eigenvalue weighted by Gasteiger charge is 2.34. The minimum absolute atomic E-state index is 0.283. The predicted molar refractivity (Wildman–Crippen MR) is 54.0 cm³/mol. The maximum absolute atomic E-state index is 5.27. The Kier molecular flexibility index (Phi) is 2.12. The molecule has 2 rings (SSSR count). The van der Waals surface area contributed by atoms with Crippen molar-refractivity contribution in [2.24, 2.45) is 0 Å². The van der Waals surface area contributed by atoms with Gasteiger partial charge >= 0.3 is 0 Å². The molecule has 0 saturated carbocycles. The van der Waals surface area contributed by atoms with Crippen LogP contribution in [-0.2, 0) is 16.6 Å². The molecule has 70 valence electrons. The largest absolute Gasteiger partial charge is 0.379 e. The third-order valence-electron chi connectivity index (χ3n) is 2.87. The lowest BCUT2D eigenvalue weighted by Crippen LogP contribution is -2.43. The van der Waals surface area contributed by atoms with Gasteiger partial charge in [-0.1, -0.05) is 38.1 Å². The average Bonchev–Trinajstić information content (AvgIpc) is 2.14. The Morgan fingerprint density at radius 1 is 1.38 bits per heavy atom. The zero-order valence-electron chi connectivity index (χ0n) is 8.34. The molecule has 0 atom stereocenters. The van der Waals surface area contributed by atoms with Crippen molar-refractivity contribution in [2.45, 2.75) is 25.7 Å². The highest BCUT2D eigenvalue weighted by atomic mass is 16.5. The van der Waals surface area contributed by atoms with E-state index in [1.807, 2.05) is 0 Å². The Hall–Kier alpha value is -0.820. The van der Waals surface area contributed by atoms with Gasteiger partial charge in [0.2, 0.25) is 0 Å². The fourth-order valence-electron chi connectivity index (χ4n) is 1.74. The van der Waals surface area contributed by atoms with Crippen molar-refractivity contribution in [1.29, 1.82) is 0 Å². The molecule has 1 aromatic rings. The summed E-state index contributed by atoms with van der Waals surface area (Å²) in [5.41, 5.74) is 3.13. The van der Waals surface area contributed by atoms with Crippen LogP contribution in [0.5, 0.6) is 0 Å². The fraction of sp³-hybridized carbons (Fsp3) is 0.500. The standard InChI is InChI=1S/C12H16O/c1-3-10-5-4-6-11(7-10)12(2)8-13-9-12/h4-7H,3,8-9H2,1-2H3. The van der Waals surface area contributed by atoms with Crippen LogP contribution in [0.25, 0.3) is 0 Å². The summed E-state index contributed by atoms with van der Waals surface area (Å²) in [6.45, 7) is 6.21. The van der Waals surface area contributed by atoms with Gasteiger partial charge in [0, 0.05) is 5.41 Å². The van der Waals surface area contributed by atoms with Crippen molar-refractivity contribution >= 4 is 0 Å². The van der Waals surface area contributed by atoms with Gasteiger partial charge in [-0.15, -0.1) is 0 Å². The Labute approximate surface area is 79.7 Å². The van der Waals surface area contributed by atoms with Crippen LogP contribution in [0, 0.1) is 0 Å². The van der Waals surface area contributed by atoms with Gasteiger partial charge in [0.15, 0.2) is 0 Å². The summed E-state index contributed by atoms with van der Waals surface area (Å²) < 4.78 is 5.27. The first kappa shape index (κ1) is 8.76. The second-order valence-corrected chi connectivity index (χ2v) is 4.11. The van der Waals surface area contributed by atoms with Crippen LogP contribution in [-0.4, -0.2) is 13.2 Å². The van der Waals surface area contributed by atoms with Crippen molar-refractivity contribution in [1.82, 2.24) is 0 Å². The molecular formula is C12H16O. The molecule has 1 aliphatic rings. The zero-order chi connectivity index (χ0) is 9.31. The van der Waals surface area contributed by atoms with E-state index >= 15 is 0 Å². The lowest BCUT2D eigenvalue weighted by molar-refractivity contribution is -0.0500. The molecule has 1 heteroatoms. The minimum atomic E-state index is 0.283. The van der Waals surface area contributed by atoms with Crippen molar-refractivity contribution in [3.8, 4) is 0 Å². The SMILES string of the molecule is CCc1cccc(C2(C)COC2)c1. The average molecular weight is 176 g/mol. The normalized spacial score (nSPS) is 19.5. The molecule has 0 amide bonds. The highest BCUT2D eigenvalue weighted by molar-refractivity contribution is 5.31. The monoisotopic (exact) mass is 176 g/mol. The van der Waals surface area contributed by atoms with E-state index in [1.54, 1.807) is 0 Å². The number of aryl methyl sites for hydroxylation is 1. The topological polar surface area (TPSA) is 9.23 Å². The van der Waals surface area contributed by atoms with E-state index in [0.717, 1.165) is 19.6 Å². The Morgan fingerprint density at radius 2 is 2.15 bits per heavy atom. The lowest BCUT2D eigenvalue weighted by atomic mass is 9.80. The summed E-state index contributed by atoms with van der Waals surface area (Å²) >= 11 is 0. The van der Waals surface area contributed by atoms with Gasteiger partial charge in [-0.2, -0.15) is 0 Å². The van der Waals surface area contributed by atoms with E-state index in [-0.39, 0.29) is 5.41 Å². The molecule has 1 aliphatic heterocycles. The van der Waals surface area contributed by atoms with E-state index in [2.05, 4.69) is 38.1 Å². The van der Waals surface area contributed by atoms with Crippen molar-refractivity contribution < 1.29 is 4.74 Å². The van der Waals surface area contributed by atoms with Crippen LogP contribution in [0.15, 0.2) is 24.3 Å². The summed E-state index contributed by atoms with van der Waals surface area (Å²) in [4.78, 5) is 0. The van der Waals surface area contributed by atoms with Gasteiger partial charge in [-0.25, -0.2) is 0 Å². The molecule has 0 radical (unpaired) electrons. The summed E-state index contributed by atoms with van der Waals surface area (Å²) in [5.74, 6) is 0. The lowest BCUT2D eigenvalue weighted by Gasteiger charge is -2.38. The second-order valence-electron chi connectivity index (χ2n) is 4.11. The molecule has 1 aromatic carbocycles. The molecule has 0 spiro atoms. The molecule has 1 saturated heterocycles. The number of benzene rings is 1. The van der Waals surface area contributed by atoms with Crippen molar-refractivity contribution in [3.63, 3.8) is 0 Å². The Morgan fingerprint density at radius 3 is 2.69 bits per heavy atom. The van der Waals surface area contributed by atoms with Crippen molar-refractivity contribution in [3.05, 3.63) is 35.4 Å². The maximum atomic E-state index is 5.27. The first-order chi connectivity index (χ1) is 6.24. The minimum Gasteiger partial charge on any atom is -0.379 e. The summed E-state index contributed by atoms with van der Waals surface area (Å²) in [6.07, 6.45) is 1.12. The van der Waals surface area contributed by atoms with Crippen LogP contribution in [0.1, 0.15) is 25.0 Å². The molecule has 0 aliphatic carbocycles. The second kappa shape index (κ2) is 3.15. The number of hydrogen-bond acceptors (Lipinski definition) is 1. The fourth-order valence-corrected chi connectivity index (χ4v) is 1.74. The van der Waals surface area contributed by atoms with E-state index in [0.29, 0.717) is 0 Å². The van der Waals surface area contributed by atoms with Gasteiger partial charge in [-0.3, -0.25) is 0 Å². The van der Waals surface area contributed by atoms with Crippen LogP contribution >= 0.6 is 0 Å².